The fraction of sp³-hybridized carbons (Fsp3) is 0. The zero-order valence-electron chi connectivity index (χ0n) is 5.38. The predicted molar refractivity (Wildman–Crippen MR) is 20.9 cm³/mol. The molecule has 0 aromatic heterocycles. The third-order valence-electron chi connectivity index (χ3n) is 0. The predicted octanol–water partition coefficient (Wildman–Crippen LogP) is -5.67. The smallest absolute Gasteiger partial charge is 0.759 e. The van der Waals surface area contributed by atoms with E-state index in [0.29, 0.717) is 0 Å². The molecule has 0 aliphatic heterocycles. The van der Waals surface area contributed by atoms with Gasteiger partial charge >= 0.3 is 73.8 Å². The van der Waals surface area contributed by atoms with Gasteiger partial charge in [0.1, 0.15) is 0 Å². The molecule has 0 radical (unpaired) electrons. The van der Waals surface area contributed by atoms with E-state index < -0.39 is 20.8 Å². The van der Waals surface area contributed by atoms with Crippen LogP contribution >= 0.6 is 0 Å². The van der Waals surface area contributed by atoms with Crippen LogP contribution in [-0.2, 0) is 43.2 Å². The maximum absolute atomic E-state index is 8.52. The Labute approximate surface area is 127 Å². The number of hydrogen-bond donors (Lipinski definition) is 0. The van der Waals surface area contributed by atoms with Crippen molar-refractivity contribution in [2.45, 2.75) is 0 Å². The Morgan fingerprint density at radius 1 is 0.667 bits per heavy atom. The summed E-state index contributed by atoms with van der Waals surface area (Å²) in [6.45, 7) is 0. The average Bonchev–Trinajstić information content (AvgIpc) is 1.12. The van der Waals surface area contributed by atoms with Crippen LogP contribution in [0.1, 0.15) is 0 Å². The maximum atomic E-state index is 8.52. The standard InChI is InChI=1S/Au.K.2H2O4S/c;;2*1-5(2,3)4/h;;2*(H2,1,2,3,4)/q+3;+1;;/p-4. The Kier molecular flexibility index (Phi) is 19.1. The first-order chi connectivity index (χ1) is 4.00. The molecule has 0 aliphatic carbocycles. The van der Waals surface area contributed by atoms with E-state index >= 15 is 0 Å². The molecule has 0 heterocycles. The van der Waals surface area contributed by atoms with Crippen LogP contribution in [0, 0.1) is 0 Å². The molecule has 0 amide bonds. The second-order valence-electron chi connectivity index (χ2n) is 0.816. The first-order valence-corrected chi connectivity index (χ1v) is 4.00. The third-order valence-corrected chi connectivity index (χ3v) is 0. The molecule has 0 unspecified atom stereocenters. The van der Waals surface area contributed by atoms with Crippen molar-refractivity contribution in [2.75, 3.05) is 0 Å². The van der Waals surface area contributed by atoms with E-state index in [2.05, 4.69) is 0 Å². The van der Waals surface area contributed by atoms with Gasteiger partial charge in [-0.25, -0.2) is 0 Å². The second-order valence-corrected chi connectivity index (χ2v) is 2.45. The van der Waals surface area contributed by atoms with Crippen LogP contribution < -0.4 is 51.4 Å². The quantitative estimate of drug-likeness (QED) is 0.210. The second kappa shape index (κ2) is 9.66. The molecule has 0 aromatic rings. The Hall–Kier alpha value is 2.12. The van der Waals surface area contributed by atoms with Gasteiger partial charge in [0.2, 0.25) is 0 Å². The van der Waals surface area contributed by atoms with Gasteiger partial charge in [-0.3, -0.25) is 16.8 Å². The summed E-state index contributed by atoms with van der Waals surface area (Å²) in [5.74, 6) is 0. The molecule has 0 saturated heterocycles. The van der Waals surface area contributed by atoms with E-state index in [1.165, 1.54) is 0 Å². The normalized spacial score (nSPS) is 9.67. The van der Waals surface area contributed by atoms with Crippen molar-refractivity contribution >= 4 is 20.8 Å². The first-order valence-electron chi connectivity index (χ1n) is 1.33. The van der Waals surface area contributed by atoms with Crippen LogP contribution in [0.3, 0.4) is 0 Å². The zero-order valence-corrected chi connectivity index (χ0v) is 12.3. The van der Waals surface area contributed by atoms with Gasteiger partial charge < -0.3 is 18.2 Å². The minimum absolute atomic E-state index is 0. The molecule has 0 aromatic carbocycles. The molecule has 0 N–H and O–H groups in total. The largest absolute Gasteiger partial charge is 3.00 e. The van der Waals surface area contributed by atoms with Gasteiger partial charge in [-0.15, -0.1) is 0 Å². The van der Waals surface area contributed by atoms with Crippen LogP contribution in [-0.4, -0.2) is 35.0 Å². The SMILES string of the molecule is O=S(=O)([O-])[O-].O=S(=O)([O-])[O-].[Au+3].[K+]. The minimum Gasteiger partial charge on any atom is -0.759 e. The number of hydrogen-bond acceptors (Lipinski definition) is 8. The summed E-state index contributed by atoms with van der Waals surface area (Å²) in [4.78, 5) is 0. The van der Waals surface area contributed by atoms with Gasteiger partial charge in [0.05, 0.1) is 0 Å². The van der Waals surface area contributed by atoms with Crippen LogP contribution in [0.15, 0.2) is 0 Å². The minimum atomic E-state index is -5.17. The van der Waals surface area contributed by atoms with E-state index in [-0.39, 0.29) is 73.8 Å². The third kappa shape index (κ3) is 334. The zero-order chi connectivity index (χ0) is 9.00. The molecule has 0 saturated carbocycles. The van der Waals surface area contributed by atoms with Gasteiger partial charge in [-0.2, -0.15) is 0 Å². The van der Waals surface area contributed by atoms with Crippen molar-refractivity contribution in [1.82, 2.24) is 0 Å². The van der Waals surface area contributed by atoms with Crippen molar-refractivity contribution in [3.63, 3.8) is 0 Å². The topological polar surface area (TPSA) is 161 Å². The van der Waals surface area contributed by atoms with Gasteiger partial charge in [-0.1, -0.05) is 0 Å². The maximum Gasteiger partial charge on any atom is 3.00 e. The van der Waals surface area contributed by atoms with Gasteiger partial charge in [0, 0.05) is 20.8 Å². The van der Waals surface area contributed by atoms with Crippen molar-refractivity contribution < 1.29 is 109 Å². The Bertz CT molecular complexity index is 213. The summed E-state index contributed by atoms with van der Waals surface area (Å²) in [6, 6.07) is 0. The average molecular weight is 428 g/mol. The van der Waals surface area contributed by atoms with Gasteiger partial charge in [0.15, 0.2) is 0 Å². The molecule has 12 heavy (non-hydrogen) atoms. The van der Waals surface area contributed by atoms with E-state index in [4.69, 9.17) is 35.0 Å². The van der Waals surface area contributed by atoms with Crippen LogP contribution in [0.5, 0.6) is 0 Å². The molecule has 0 atom stereocenters. The van der Waals surface area contributed by atoms with Crippen LogP contribution in [0.25, 0.3) is 0 Å². The summed E-state index contributed by atoms with van der Waals surface area (Å²) < 4.78 is 68.2. The van der Waals surface area contributed by atoms with Crippen molar-refractivity contribution in [2.24, 2.45) is 0 Å². The molecule has 8 nitrogen and oxygen atoms in total. The first kappa shape index (κ1) is 23.7. The fourth-order valence-electron chi connectivity index (χ4n) is 0. The number of rotatable bonds is 0. The summed E-state index contributed by atoms with van der Waals surface area (Å²) in [7, 11) is -10.3. The molecule has 0 rings (SSSR count). The molecule has 12 heteroatoms. The Balaban J connectivity index is -0.0000000457. The Morgan fingerprint density at radius 3 is 0.667 bits per heavy atom. The van der Waals surface area contributed by atoms with Crippen LogP contribution in [0.4, 0.5) is 0 Å². The van der Waals surface area contributed by atoms with Crippen LogP contribution in [0.2, 0.25) is 0 Å². The van der Waals surface area contributed by atoms with E-state index in [0.717, 1.165) is 0 Å². The molecule has 0 fully saturated rings. The molecule has 0 bridgehead atoms. The molecular formula is AuKO8S2. The van der Waals surface area contributed by atoms with Crippen molar-refractivity contribution in [3.8, 4) is 0 Å². The Morgan fingerprint density at radius 2 is 0.667 bits per heavy atom. The fourth-order valence-corrected chi connectivity index (χ4v) is 0. The summed E-state index contributed by atoms with van der Waals surface area (Å²) in [5.41, 5.74) is 0. The summed E-state index contributed by atoms with van der Waals surface area (Å²) in [6.07, 6.45) is 0. The van der Waals surface area contributed by atoms with E-state index in [1.807, 2.05) is 0 Å². The molecule has 72 valence electrons. The molecule has 0 spiro atoms. The summed E-state index contributed by atoms with van der Waals surface area (Å²) >= 11 is 0. The molecule has 0 aliphatic rings. The van der Waals surface area contributed by atoms with Gasteiger partial charge in [-0.05, 0) is 0 Å². The van der Waals surface area contributed by atoms with Crippen molar-refractivity contribution in [1.29, 1.82) is 0 Å². The van der Waals surface area contributed by atoms with E-state index in [9.17, 15) is 0 Å². The van der Waals surface area contributed by atoms with Crippen molar-refractivity contribution in [3.05, 3.63) is 0 Å². The monoisotopic (exact) mass is 428 g/mol. The van der Waals surface area contributed by atoms with E-state index in [1.54, 1.807) is 0 Å². The molecular weight excluding hydrogens is 428 g/mol. The summed E-state index contributed by atoms with van der Waals surface area (Å²) in [5, 5.41) is 0. The van der Waals surface area contributed by atoms with Gasteiger partial charge in [0.25, 0.3) is 0 Å².